The lowest BCUT2D eigenvalue weighted by Crippen LogP contribution is -1.67. The fraction of sp³-hybridized carbons (Fsp3) is 0. The van der Waals surface area contributed by atoms with Crippen LogP contribution in [0.1, 0.15) is 0 Å². The average Bonchev–Trinajstić information content (AvgIpc) is 1.61. The fourth-order valence-electron chi connectivity index (χ4n) is 0.0577. The maximum atomic E-state index is 4.98. The molecule has 0 fully saturated rings. The van der Waals surface area contributed by atoms with Gasteiger partial charge in [0.1, 0.15) is 0 Å². The number of nitrogens with zero attached hydrogens (tertiary/aromatic N) is 1. The number of hydrogen-bond acceptors (Lipinski definition) is 2. The Balaban J connectivity index is 2.66. The van der Waals surface area contributed by atoms with Gasteiger partial charge in [0.05, 0.1) is 17.4 Å². The van der Waals surface area contributed by atoms with E-state index in [1.165, 1.54) is 0 Å². The molecule has 0 aliphatic heterocycles. The maximum absolute atomic E-state index is 4.98. The molecule has 0 amide bonds. The van der Waals surface area contributed by atoms with Crippen LogP contribution in [0.15, 0.2) is 4.52 Å². The molecule has 0 saturated heterocycles. The topological polar surface area (TPSA) is 50.4 Å². The van der Waals surface area contributed by atoms with Crippen LogP contribution in [-0.4, -0.2) is 0 Å². The molecule has 6 heteroatoms. The second-order valence-corrected chi connectivity index (χ2v) is 2.88. The first kappa shape index (κ1) is 6.88. The van der Waals surface area contributed by atoms with Crippen LogP contribution in [0, 0.1) is 0 Å². The number of nitrogens with one attached hydrogen (secondary N) is 1. The summed E-state index contributed by atoms with van der Waals surface area (Å²) in [5.41, 5.74) is 4.98. The van der Waals surface area contributed by atoms with Crippen molar-refractivity contribution in [3.63, 3.8) is 0 Å². The Morgan fingerprint density at radius 3 is 2.83 bits per heavy atom. The first-order valence-electron chi connectivity index (χ1n) is 1.22. The van der Waals surface area contributed by atoms with E-state index in [-0.39, 0.29) is 0 Å². The fourth-order valence-corrected chi connectivity index (χ4v) is 1.04. The predicted molar refractivity (Wildman–Crippen MR) is 34.7 cm³/mol. The monoisotopic (exact) mass is 141 g/mol. The summed E-state index contributed by atoms with van der Waals surface area (Å²) in [7, 11) is 3.36. The first-order chi connectivity index (χ1) is 2.91. The molecule has 0 aromatic carbocycles. The molecule has 2 unspecified atom stereocenters. The zero-order chi connectivity index (χ0) is 4.83. The maximum Gasteiger partial charge on any atom is 0.0924 e. The van der Waals surface area contributed by atoms with Crippen molar-refractivity contribution < 1.29 is 0 Å². The number of nitrogens with two attached hydrogens (primary N) is 1. The zero-order valence-corrected chi connectivity index (χ0v) is 6.10. The van der Waals surface area contributed by atoms with Crippen molar-refractivity contribution in [2.75, 3.05) is 0 Å². The molecule has 0 aliphatic rings. The Morgan fingerprint density at radius 1 is 2.00 bits per heavy atom. The lowest BCUT2D eigenvalue weighted by molar-refractivity contribution is 1.70. The normalized spacial score (nSPS) is 12.3. The molecular weight excluding hydrogens is 135 g/mol. The Kier molecular flexibility index (Phi) is 6.74. The van der Waals surface area contributed by atoms with Gasteiger partial charge in [-0.3, -0.25) is 10.4 Å². The van der Waals surface area contributed by atoms with Gasteiger partial charge in [0.15, 0.2) is 0 Å². The molecule has 0 heterocycles. The van der Waals surface area contributed by atoms with Gasteiger partial charge in [-0.15, -0.1) is 0 Å². The molecule has 3 N–H and O–H groups in total. The van der Waals surface area contributed by atoms with Crippen LogP contribution in [0.25, 0.3) is 0 Å². The van der Waals surface area contributed by atoms with E-state index in [1.807, 2.05) is 0 Å². The smallest absolute Gasteiger partial charge is 0.0924 e. The minimum atomic E-state index is 0.416. The predicted octanol–water partition coefficient (Wildman–Crippen LogP) is 0.878. The molecule has 3 nitrogen and oxygen atoms in total. The second kappa shape index (κ2) is 5.88. The largest absolute Gasteiger partial charge is 0.269 e. The molecule has 0 aliphatic carbocycles. The molecule has 0 bridgehead atoms. The van der Waals surface area contributed by atoms with Gasteiger partial charge >= 0.3 is 0 Å². The van der Waals surface area contributed by atoms with Crippen LogP contribution in [-0.2, 0) is 0 Å². The molecule has 0 spiro atoms. The van der Waals surface area contributed by atoms with Gasteiger partial charge in [-0.25, -0.2) is 4.52 Å². The molecule has 0 aromatic rings. The summed E-state index contributed by atoms with van der Waals surface area (Å²) >= 11 is 0. The molecule has 6 heavy (non-hydrogen) atoms. The minimum Gasteiger partial charge on any atom is -0.269 e. The third kappa shape index (κ3) is 4.88. The average molecular weight is 141 g/mol. The summed E-state index contributed by atoms with van der Waals surface area (Å²) in [6.07, 6.45) is 0. The van der Waals surface area contributed by atoms with Gasteiger partial charge in [-0.05, 0) is 0 Å². The lowest BCUT2D eigenvalue weighted by atomic mass is 13.8. The van der Waals surface area contributed by atoms with E-state index in [2.05, 4.69) is 18.8 Å². The third-order valence-electron chi connectivity index (χ3n) is 0.172. The van der Waals surface area contributed by atoms with E-state index >= 15 is 0 Å². The van der Waals surface area contributed by atoms with Crippen LogP contribution in [0.5, 0.6) is 0 Å². The van der Waals surface area contributed by atoms with Crippen LogP contribution < -0.4 is 10.4 Å². The molecule has 0 radical (unpaired) electrons. The molecule has 36 valence electrons. The van der Waals surface area contributed by atoms with Crippen LogP contribution in [0.3, 0.4) is 0 Å². The minimum absolute atomic E-state index is 0.416. The summed E-state index contributed by atoms with van der Waals surface area (Å²) in [5, 5.41) is 0. The second-order valence-electron chi connectivity index (χ2n) is 0.472. The van der Waals surface area contributed by atoms with Crippen molar-refractivity contribution in [2.24, 2.45) is 10.0 Å². The van der Waals surface area contributed by atoms with Crippen LogP contribution in [0.2, 0.25) is 0 Å². The van der Waals surface area contributed by atoms with Gasteiger partial charge in [0.25, 0.3) is 0 Å². The van der Waals surface area contributed by atoms with Gasteiger partial charge in [0.2, 0.25) is 0 Å². The number of rotatable bonds is 2. The van der Waals surface area contributed by atoms with E-state index in [1.54, 1.807) is 0 Å². The SMILES string of the molecule is NP=NPNP. The van der Waals surface area contributed by atoms with Gasteiger partial charge in [0, 0.05) is 0 Å². The Hall–Kier alpha value is 0.880. The van der Waals surface area contributed by atoms with Crippen molar-refractivity contribution >= 4 is 26.8 Å². The summed E-state index contributed by atoms with van der Waals surface area (Å²) in [6, 6.07) is 0. The van der Waals surface area contributed by atoms with Gasteiger partial charge < -0.3 is 0 Å². The summed E-state index contributed by atoms with van der Waals surface area (Å²) < 4.78 is 3.74. The Labute approximate surface area is 42.6 Å². The van der Waals surface area contributed by atoms with Crippen molar-refractivity contribution in [3.8, 4) is 0 Å². The highest BCUT2D eigenvalue weighted by atomic mass is 31.1. The number of hydrogen-bond donors (Lipinski definition) is 2. The Bertz CT molecular complexity index is 41.3. The van der Waals surface area contributed by atoms with E-state index in [9.17, 15) is 0 Å². The van der Waals surface area contributed by atoms with Crippen molar-refractivity contribution in [1.29, 1.82) is 0 Å². The lowest BCUT2D eigenvalue weighted by Gasteiger charge is -1.80. The first-order valence-corrected chi connectivity index (χ1v) is 3.66. The standard InChI is InChI=1S/H6N3P3/c1-5-3-6-2-4/h2,6H,4H2,(H2,1,3). The summed E-state index contributed by atoms with van der Waals surface area (Å²) in [6.45, 7) is 0. The third-order valence-corrected chi connectivity index (χ3v) is 1.55. The van der Waals surface area contributed by atoms with Crippen molar-refractivity contribution in [3.05, 3.63) is 0 Å². The molecular formula is H6N3P3. The summed E-state index contributed by atoms with van der Waals surface area (Å²) in [5.74, 6) is 0. The molecule has 0 saturated carbocycles. The molecule has 0 aromatic heterocycles. The summed E-state index contributed by atoms with van der Waals surface area (Å²) in [4.78, 5) is 2.76. The van der Waals surface area contributed by atoms with Crippen molar-refractivity contribution in [1.82, 2.24) is 4.86 Å². The zero-order valence-electron chi connectivity index (χ0n) is 3.05. The van der Waals surface area contributed by atoms with E-state index < -0.39 is 0 Å². The van der Waals surface area contributed by atoms with Crippen LogP contribution in [0.4, 0.5) is 0 Å². The Morgan fingerprint density at radius 2 is 2.67 bits per heavy atom. The molecule has 0 rings (SSSR count). The highest BCUT2D eigenvalue weighted by Crippen LogP contribution is 2.10. The highest BCUT2D eigenvalue weighted by molar-refractivity contribution is 7.48. The van der Waals surface area contributed by atoms with E-state index in [0.29, 0.717) is 17.4 Å². The van der Waals surface area contributed by atoms with E-state index in [0.717, 1.165) is 0 Å². The van der Waals surface area contributed by atoms with Gasteiger partial charge in [-0.1, -0.05) is 9.39 Å². The highest BCUT2D eigenvalue weighted by Gasteiger charge is 1.62. The van der Waals surface area contributed by atoms with Crippen LogP contribution >= 0.6 is 26.8 Å². The molecule has 2 atom stereocenters. The quantitative estimate of drug-likeness (QED) is 0.560. The van der Waals surface area contributed by atoms with Crippen molar-refractivity contribution in [2.45, 2.75) is 0 Å². The van der Waals surface area contributed by atoms with E-state index in [4.69, 9.17) is 5.50 Å². The van der Waals surface area contributed by atoms with Gasteiger partial charge in [-0.2, -0.15) is 0 Å².